The molecule has 0 saturated heterocycles. The van der Waals surface area contributed by atoms with Gasteiger partial charge in [-0.25, -0.2) is 9.18 Å². The number of alkyl halides is 1. The smallest absolute Gasteiger partial charge is 0.339 e. The lowest BCUT2D eigenvalue weighted by atomic mass is 9.98. The average molecular weight is 273 g/mol. The molecule has 1 atom stereocenters. The van der Waals surface area contributed by atoms with Gasteiger partial charge in [0.2, 0.25) is 6.17 Å². The molecule has 2 N–H and O–H groups in total. The maximum absolute atomic E-state index is 13.3. The van der Waals surface area contributed by atoms with Gasteiger partial charge in [-0.1, -0.05) is 60.7 Å². The van der Waals surface area contributed by atoms with Gasteiger partial charge in [-0.3, -0.25) is 0 Å². The van der Waals surface area contributed by atoms with Gasteiger partial charge < -0.3 is 10.4 Å². The molecule has 0 aromatic heterocycles. The normalized spacial score (nSPS) is 12.3. The number of carboxylic acids is 1. The van der Waals surface area contributed by atoms with Crippen LogP contribution in [0, 0.1) is 0 Å². The third kappa shape index (κ3) is 3.65. The number of carboxylic acid groups (broad SMARTS) is 1. The highest BCUT2D eigenvalue weighted by atomic mass is 19.1. The van der Waals surface area contributed by atoms with Crippen LogP contribution in [-0.4, -0.2) is 23.8 Å². The minimum Gasteiger partial charge on any atom is -0.479 e. The molecule has 0 heterocycles. The Morgan fingerprint density at radius 2 is 1.45 bits per heavy atom. The summed E-state index contributed by atoms with van der Waals surface area (Å²) in [4.78, 5) is 10.6. The van der Waals surface area contributed by atoms with Gasteiger partial charge in [-0.15, -0.1) is 0 Å². The lowest BCUT2D eigenvalue weighted by Crippen LogP contribution is -2.33. The van der Waals surface area contributed by atoms with E-state index in [0.29, 0.717) is 0 Å². The largest absolute Gasteiger partial charge is 0.479 e. The fourth-order valence-electron chi connectivity index (χ4n) is 2.03. The van der Waals surface area contributed by atoms with Crippen molar-refractivity contribution in [2.75, 3.05) is 6.54 Å². The highest BCUT2D eigenvalue weighted by Gasteiger charge is 2.19. The van der Waals surface area contributed by atoms with E-state index in [1.807, 2.05) is 60.7 Å². The Morgan fingerprint density at radius 1 is 1.00 bits per heavy atom. The minimum absolute atomic E-state index is 0.227. The van der Waals surface area contributed by atoms with Gasteiger partial charge in [-0.2, -0.15) is 0 Å². The maximum Gasteiger partial charge on any atom is 0.339 e. The number of hydrogen-bond acceptors (Lipinski definition) is 2. The van der Waals surface area contributed by atoms with Crippen molar-refractivity contribution >= 4 is 5.97 Å². The van der Waals surface area contributed by atoms with Crippen LogP contribution in [0.3, 0.4) is 0 Å². The van der Waals surface area contributed by atoms with E-state index in [1.54, 1.807) is 0 Å². The lowest BCUT2D eigenvalue weighted by molar-refractivity contribution is -0.142. The van der Waals surface area contributed by atoms with Crippen molar-refractivity contribution in [1.82, 2.24) is 5.32 Å². The van der Waals surface area contributed by atoms with Crippen molar-refractivity contribution in [2.45, 2.75) is 12.2 Å². The van der Waals surface area contributed by atoms with Crippen LogP contribution in [0.1, 0.15) is 17.2 Å². The molecule has 2 aromatic rings. The molecule has 0 aliphatic carbocycles. The lowest BCUT2D eigenvalue weighted by Gasteiger charge is -2.20. The SMILES string of the molecule is O=C(O)C(F)CNC(c1ccccc1)c1ccccc1. The number of rotatable bonds is 6. The Bertz CT molecular complexity index is 505. The number of aliphatic carboxylic acids is 1. The van der Waals surface area contributed by atoms with Crippen LogP contribution >= 0.6 is 0 Å². The quantitative estimate of drug-likeness (QED) is 0.851. The van der Waals surface area contributed by atoms with Crippen LogP contribution in [0.5, 0.6) is 0 Å². The van der Waals surface area contributed by atoms with E-state index in [9.17, 15) is 9.18 Å². The van der Waals surface area contributed by atoms with Gasteiger partial charge in [0.1, 0.15) is 0 Å². The fraction of sp³-hybridized carbons (Fsp3) is 0.188. The third-order valence-corrected chi connectivity index (χ3v) is 3.03. The summed E-state index contributed by atoms with van der Waals surface area (Å²) in [5.74, 6) is -1.45. The topological polar surface area (TPSA) is 49.3 Å². The molecule has 0 spiro atoms. The average Bonchev–Trinajstić information content (AvgIpc) is 2.49. The highest BCUT2D eigenvalue weighted by Crippen LogP contribution is 2.21. The molecule has 20 heavy (non-hydrogen) atoms. The molecule has 3 nitrogen and oxygen atoms in total. The molecule has 0 bridgehead atoms. The van der Waals surface area contributed by atoms with Crippen molar-refractivity contribution in [3.8, 4) is 0 Å². The van der Waals surface area contributed by atoms with E-state index < -0.39 is 12.1 Å². The van der Waals surface area contributed by atoms with Crippen molar-refractivity contribution in [3.63, 3.8) is 0 Å². The molecule has 0 aliphatic rings. The number of hydrogen-bond donors (Lipinski definition) is 2. The Morgan fingerprint density at radius 3 is 1.85 bits per heavy atom. The zero-order valence-corrected chi connectivity index (χ0v) is 10.9. The second kappa shape index (κ2) is 6.82. The molecule has 0 amide bonds. The summed E-state index contributed by atoms with van der Waals surface area (Å²) in [5, 5.41) is 11.6. The molecule has 1 unspecified atom stereocenters. The number of halogens is 1. The number of benzene rings is 2. The first-order valence-electron chi connectivity index (χ1n) is 6.38. The van der Waals surface area contributed by atoms with E-state index in [2.05, 4.69) is 5.32 Å². The first kappa shape index (κ1) is 14.2. The summed E-state index contributed by atoms with van der Waals surface area (Å²) in [5.41, 5.74) is 1.94. The molecule has 104 valence electrons. The van der Waals surface area contributed by atoms with Crippen LogP contribution < -0.4 is 5.32 Å². The molecular formula is C16H16FNO2. The van der Waals surface area contributed by atoms with Crippen molar-refractivity contribution in [2.24, 2.45) is 0 Å². The Kier molecular flexibility index (Phi) is 4.85. The van der Waals surface area contributed by atoms with E-state index >= 15 is 0 Å². The maximum atomic E-state index is 13.3. The summed E-state index contributed by atoms with van der Waals surface area (Å²) in [7, 11) is 0. The number of nitrogens with one attached hydrogen (secondary N) is 1. The molecule has 2 aromatic carbocycles. The molecule has 4 heteroatoms. The zero-order chi connectivity index (χ0) is 14.4. The third-order valence-electron chi connectivity index (χ3n) is 3.03. The van der Waals surface area contributed by atoms with Crippen LogP contribution in [0.25, 0.3) is 0 Å². The van der Waals surface area contributed by atoms with Gasteiger partial charge >= 0.3 is 5.97 Å². The van der Waals surface area contributed by atoms with E-state index in [-0.39, 0.29) is 12.6 Å². The van der Waals surface area contributed by atoms with Crippen LogP contribution in [-0.2, 0) is 4.79 Å². The van der Waals surface area contributed by atoms with Gasteiger partial charge in [-0.05, 0) is 11.1 Å². The minimum atomic E-state index is -1.91. The molecule has 2 rings (SSSR count). The van der Waals surface area contributed by atoms with Gasteiger partial charge in [0.15, 0.2) is 0 Å². The van der Waals surface area contributed by atoms with Crippen molar-refractivity contribution in [1.29, 1.82) is 0 Å². The van der Waals surface area contributed by atoms with Crippen LogP contribution in [0.4, 0.5) is 4.39 Å². The summed E-state index contributed by atoms with van der Waals surface area (Å²) in [6, 6.07) is 18.9. The summed E-state index contributed by atoms with van der Waals surface area (Å²) in [6.45, 7) is -0.232. The van der Waals surface area contributed by atoms with Gasteiger partial charge in [0.25, 0.3) is 0 Å². The standard InChI is InChI=1S/C16H16FNO2/c17-14(16(19)20)11-18-15(12-7-3-1-4-8-12)13-9-5-2-6-10-13/h1-10,14-15,18H,11H2,(H,19,20). The Labute approximate surface area is 117 Å². The molecular weight excluding hydrogens is 257 g/mol. The fourth-order valence-corrected chi connectivity index (χ4v) is 2.03. The molecule has 0 radical (unpaired) electrons. The zero-order valence-electron chi connectivity index (χ0n) is 10.9. The Balaban J connectivity index is 2.19. The van der Waals surface area contributed by atoms with Crippen LogP contribution in [0.15, 0.2) is 60.7 Å². The first-order valence-corrected chi connectivity index (χ1v) is 6.38. The molecule has 0 fully saturated rings. The van der Waals surface area contributed by atoms with E-state index in [1.165, 1.54) is 0 Å². The second-order valence-electron chi connectivity index (χ2n) is 4.47. The highest BCUT2D eigenvalue weighted by molar-refractivity contribution is 5.72. The van der Waals surface area contributed by atoms with E-state index in [0.717, 1.165) is 11.1 Å². The van der Waals surface area contributed by atoms with Crippen molar-refractivity contribution in [3.05, 3.63) is 71.8 Å². The first-order chi connectivity index (χ1) is 9.68. The second-order valence-corrected chi connectivity index (χ2v) is 4.47. The van der Waals surface area contributed by atoms with Crippen molar-refractivity contribution < 1.29 is 14.3 Å². The predicted octanol–water partition coefficient (Wildman–Crippen LogP) is 2.79. The summed E-state index contributed by atoms with van der Waals surface area (Å²) in [6.07, 6.45) is -1.91. The van der Waals surface area contributed by atoms with Gasteiger partial charge in [0, 0.05) is 6.54 Å². The molecule has 0 saturated carbocycles. The Hall–Kier alpha value is -2.20. The predicted molar refractivity (Wildman–Crippen MR) is 75.3 cm³/mol. The van der Waals surface area contributed by atoms with E-state index in [4.69, 9.17) is 5.11 Å². The number of carbonyl (C=O) groups is 1. The van der Waals surface area contributed by atoms with Crippen LogP contribution in [0.2, 0.25) is 0 Å². The monoisotopic (exact) mass is 273 g/mol. The van der Waals surface area contributed by atoms with Gasteiger partial charge in [0.05, 0.1) is 6.04 Å². The summed E-state index contributed by atoms with van der Waals surface area (Å²) < 4.78 is 13.3. The molecule has 0 aliphatic heterocycles. The summed E-state index contributed by atoms with van der Waals surface area (Å²) >= 11 is 0.